The molecule has 0 saturated heterocycles. The molecule has 0 aromatic heterocycles. The first-order chi connectivity index (χ1) is 8.61. The van der Waals surface area contributed by atoms with Crippen molar-refractivity contribution in [1.29, 1.82) is 0 Å². The van der Waals surface area contributed by atoms with E-state index in [-0.39, 0.29) is 0 Å². The SMILES string of the molecule is CC(C)=C(c1ccccc1)c1cccc(C)c1C. The molecule has 92 valence electrons. The second kappa shape index (κ2) is 5.22. The van der Waals surface area contributed by atoms with Crippen molar-refractivity contribution >= 4 is 5.57 Å². The normalized spacial score (nSPS) is 10.2. The Morgan fingerprint density at radius 3 is 2.06 bits per heavy atom. The second-order valence-corrected chi connectivity index (χ2v) is 4.99. The zero-order valence-corrected chi connectivity index (χ0v) is 11.6. The fourth-order valence-corrected chi connectivity index (χ4v) is 2.34. The molecule has 2 rings (SSSR count). The summed E-state index contributed by atoms with van der Waals surface area (Å²) in [7, 11) is 0. The van der Waals surface area contributed by atoms with Gasteiger partial charge in [0.1, 0.15) is 0 Å². The molecular formula is C18H20. The van der Waals surface area contributed by atoms with Gasteiger partial charge in [-0.25, -0.2) is 0 Å². The van der Waals surface area contributed by atoms with E-state index in [2.05, 4.69) is 76.2 Å². The van der Waals surface area contributed by atoms with Crippen LogP contribution in [0.15, 0.2) is 54.1 Å². The van der Waals surface area contributed by atoms with Crippen LogP contribution in [0.1, 0.15) is 36.1 Å². The van der Waals surface area contributed by atoms with E-state index in [4.69, 9.17) is 0 Å². The van der Waals surface area contributed by atoms with E-state index in [1.54, 1.807) is 0 Å². The van der Waals surface area contributed by atoms with Crippen LogP contribution in [0.25, 0.3) is 5.57 Å². The number of aryl methyl sites for hydroxylation is 1. The highest BCUT2D eigenvalue weighted by atomic mass is 14.1. The monoisotopic (exact) mass is 236 g/mol. The Balaban J connectivity index is 2.65. The number of benzene rings is 2. The molecule has 2 aromatic carbocycles. The maximum Gasteiger partial charge on any atom is -0.0122 e. The molecule has 0 saturated carbocycles. The van der Waals surface area contributed by atoms with E-state index in [1.807, 2.05) is 0 Å². The third-order valence-corrected chi connectivity index (χ3v) is 3.44. The molecule has 0 bridgehead atoms. The smallest absolute Gasteiger partial charge is 0.0122 e. The Kier molecular flexibility index (Phi) is 3.66. The molecular weight excluding hydrogens is 216 g/mol. The maximum absolute atomic E-state index is 2.22. The number of hydrogen-bond donors (Lipinski definition) is 0. The Labute approximate surface area is 110 Å². The lowest BCUT2D eigenvalue weighted by Gasteiger charge is -2.15. The van der Waals surface area contributed by atoms with Crippen molar-refractivity contribution in [2.75, 3.05) is 0 Å². The van der Waals surface area contributed by atoms with E-state index >= 15 is 0 Å². The Bertz CT molecular complexity index is 570. The predicted octanol–water partition coefficient (Wildman–Crippen LogP) is 5.15. The molecule has 0 amide bonds. The minimum atomic E-state index is 1.30. The fraction of sp³-hybridized carbons (Fsp3) is 0.222. The van der Waals surface area contributed by atoms with Crippen LogP contribution >= 0.6 is 0 Å². The number of hydrogen-bond acceptors (Lipinski definition) is 0. The molecule has 0 spiro atoms. The van der Waals surface area contributed by atoms with Crippen molar-refractivity contribution in [2.24, 2.45) is 0 Å². The molecule has 2 aromatic rings. The van der Waals surface area contributed by atoms with Gasteiger partial charge in [-0.3, -0.25) is 0 Å². The average Bonchev–Trinajstić information content (AvgIpc) is 2.36. The topological polar surface area (TPSA) is 0 Å². The van der Waals surface area contributed by atoms with E-state index in [0.29, 0.717) is 0 Å². The molecule has 0 fully saturated rings. The molecule has 18 heavy (non-hydrogen) atoms. The minimum absolute atomic E-state index is 1.30. The molecule has 0 aliphatic heterocycles. The summed E-state index contributed by atoms with van der Waals surface area (Å²) in [4.78, 5) is 0. The molecule has 0 atom stereocenters. The van der Waals surface area contributed by atoms with Crippen molar-refractivity contribution in [2.45, 2.75) is 27.7 Å². The molecule has 0 nitrogen and oxygen atoms in total. The van der Waals surface area contributed by atoms with Crippen molar-refractivity contribution in [1.82, 2.24) is 0 Å². The van der Waals surface area contributed by atoms with Gasteiger partial charge in [0.2, 0.25) is 0 Å². The largest absolute Gasteiger partial charge is 0.0680 e. The first-order valence-electron chi connectivity index (χ1n) is 6.40. The van der Waals surface area contributed by atoms with Gasteiger partial charge in [0, 0.05) is 0 Å². The summed E-state index contributed by atoms with van der Waals surface area (Å²) in [5.41, 5.74) is 8.08. The zero-order valence-electron chi connectivity index (χ0n) is 11.6. The summed E-state index contributed by atoms with van der Waals surface area (Å²) in [5, 5.41) is 0. The average molecular weight is 236 g/mol. The van der Waals surface area contributed by atoms with Crippen molar-refractivity contribution in [3.8, 4) is 0 Å². The van der Waals surface area contributed by atoms with Gasteiger partial charge in [-0.1, -0.05) is 54.1 Å². The summed E-state index contributed by atoms with van der Waals surface area (Å²) in [6, 6.07) is 17.2. The minimum Gasteiger partial charge on any atom is -0.0680 e. The van der Waals surface area contributed by atoms with E-state index in [9.17, 15) is 0 Å². The highest BCUT2D eigenvalue weighted by Gasteiger charge is 2.10. The molecule has 0 radical (unpaired) electrons. The van der Waals surface area contributed by atoms with E-state index < -0.39 is 0 Å². The van der Waals surface area contributed by atoms with Crippen LogP contribution in [0.3, 0.4) is 0 Å². The van der Waals surface area contributed by atoms with Crippen LogP contribution in [-0.2, 0) is 0 Å². The Morgan fingerprint density at radius 1 is 0.778 bits per heavy atom. The predicted molar refractivity (Wildman–Crippen MR) is 79.7 cm³/mol. The quantitative estimate of drug-likeness (QED) is 0.677. The van der Waals surface area contributed by atoms with Gasteiger partial charge < -0.3 is 0 Å². The second-order valence-electron chi connectivity index (χ2n) is 4.99. The first-order valence-corrected chi connectivity index (χ1v) is 6.40. The lowest BCUT2D eigenvalue weighted by molar-refractivity contribution is 1.29. The van der Waals surface area contributed by atoms with E-state index in [0.717, 1.165) is 0 Å². The summed E-state index contributed by atoms with van der Waals surface area (Å²) in [6.07, 6.45) is 0. The van der Waals surface area contributed by atoms with Crippen molar-refractivity contribution in [3.63, 3.8) is 0 Å². The maximum atomic E-state index is 2.22. The number of allylic oxidation sites excluding steroid dienone is 1. The summed E-state index contributed by atoms with van der Waals surface area (Å²) in [5.74, 6) is 0. The van der Waals surface area contributed by atoms with E-state index in [1.165, 1.54) is 33.4 Å². The Hall–Kier alpha value is -1.82. The summed E-state index contributed by atoms with van der Waals surface area (Å²) in [6.45, 7) is 8.75. The van der Waals surface area contributed by atoms with Crippen LogP contribution in [0, 0.1) is 13.8 Å². The van der Waals surface area contributed by atoms with Gasteiger partial charge in [0.25, 0.3) is 0 Å². The third kappa shape index (κ3) is 2.38. The van der Waals surface area contributed by atoms with Crippen molar-refractivity contribution < 1.29 is 0 Å². The van der Waals surface area contributed by atoms with Crippen LogP contribution in [-0.4, -0.2) is 0 Å². The molecule has 0 unspecified atom stereocenters. The van der Waals surface area contributed by atoms with Gasteiger partial charge in [0.05, 0.1) is 0 Å². The van der Waals surface area contributed by atoms with Gasteiger partial charge >= 0.3 is 0 Å². The van der Waals surface area contributed by atoms with Crippen LogP contribution < -0.4 is 0 Å². The lowest BCUT2D eigenvalue weighted by atomic mass is 9.89. The fourth-order valence-electron chi connectivity index (χ4n) is 2.34. The van der Waals surface area contributed by atoms with Crippen molar-refractivity contribution in [3.05, 3.63) is 76.4 Å². The lowest BCUT2D eigenvalue weighted by Crippen LogP contribution is -1.95. The van der Waals surface area contributed by atoms with Crippen LogP contribution in [0.2, 0.25) is 0 Å². The van der Waals surface area contributed by atoms with Gasteiger partial charge in [0.15, 0.2) is 0 Å². The highest BCUT2D eigenvalue weighted by Crippen LogP contribution is 2.30. The first kappa shape index (κ1) is 12.6. The van der Waals surface area contributed by atoms with Crippen LogP contribution in [0.4, 0.5) is 0 Å². The summed E-state index contributed by atoms with van der Waals surface area (Å²) >= 11 is 0. The highest BCUT2D eigenvalue weighted by molar-refractivity contribution is 5.83. The van der Waals surface area contributed by atoms with Crippen LogP contribution in [0.5, 0.6) is 0 Å². The van der Waals surface area contributed by atoms with Gasteiger partial charge in [-0.15, -0.1) is 0 Å². The summed E-state index contributed by atoms with van der Waals surface area (Å²) < 4.78 is 0. The molecule has 0 N–H and O–H groups in total. The van der Waals surface area contributed by atoms with Gasteiger partial charge in [-0.2, -0.15) is 0 Å². The third-order valence-electron chi connectivity index (χ3n) is 3.44. The molecule has 0 heteroatoms. The standard InChI is InChI=1S/C18H20/c1-13(2)18(16-10-6-5-7-11-16)17-12-8-9-14(3)15(17)4/h5-12H,1-4H3. The van der Waals surface area contributed by atoms with Gasteiger partial charge in [-0.05, 0) is 55.5 Å². The molecule has 0 heterocycles. The zero-order chi connectivity index (χ0) is 13.1. The number of rotatable bonds is 2. The molecule has 0 aliphatic rings. The molecule has 0 aliphatic carbocycles. The Morgan fingerprint density at radius 2 is 1.44 bits per heavy atom.